The van der Waals surface area contributed by atoms with Crippen molar-refractivity contribution in [1.82, 2.24) is 73.9 Å². The van der Waals surface area contributed by atoms with Gasteiger partial charge in [0, 0.05) is 200 Å². The van der Waals surface area contributed by atoms with Gasteiger partial charge in [0.1, 0.15) is 59.2 Å². The summed E-state index contributed by atoms with van der Waals surface area (Å²) in [5.74, 6) is 21.1. The fourth-order valence-electron chi connectivity index (χ4n) is 15.5. The minimum absolute atomic E-state index is 0.229. The van der Waals surface area contributed by atoms with Crippen LogP contribution in [0.3, 0.4) is 0 Å². The van der Waals surface area contributed by atoms with E-state index >= 15 is 0 Å². The summed E-state index contributed by atoms with van der Waals surface area (Å²) >= 11 is 6.15. The number of aromatic nitrogens is 12. The standard InChI is InChI=1S/C30H28ClN7O2.2C29H27N7O2/c1-29(2,40)9-8-20-15-23(27-22(16-32)18-35-38(27)19-20)21-6-7-25(34-17-21)37-13-10-30(3,11-14-37)36-28(39)26-24(31)5-4-12-33-26;2*1-19(37)3-4-20-9-26(29-23(11-30)14-33-36(29)16-20)22-6-7-27(31-13-22)34-17-24-10-25(18-34)35(24)15-21-5-8-28(38-2)32-12-21/h4-7,12,15,17-19,40H,10-11,13-14H2,1-3H3,(H,36,39);2*5-9,12-14,16,19,24-25,37H,10,15,17-18H2,1-2H3/t;2*19-,24?,25?/m.10/s1. The highest BCUT2D eigenvalue weighted by atomic mass is 35.5. The normalized spacial score (nSPS) is 17.7. The lowest BCUT2D eigenvalue weighted by atomic mass is 9.87. The summed E-state index contributed by atoms with van der Waals surface area (Å²) in [7, 11) is 3.26. The molecule has 0 radical (unpaired) electrons. The minimum atomic E-state index is -1.14. The monoisotopic (exact) mass is 1560 g/mol. The molecule has 19 heterocycles. The van der Waals surface area contributed by atoms with Gasteiger partial charge in [0.05, 0.1) is 71.1 Å². The van der Waals surface area contributed by atoms with Gasteiger partial charge in [0.2, 0.25) is 11.8 Å². The van der Waals surface area contributed by atoms with Crippen LogP contribution in [-0.4, -0.2) is 191 Å². The van der Waals surface area contributed by atoms with E-state index in [2.05, 4.69) is 126 Å². The van der Waals surface area contributed by atoms with Crippen LogP contribution in [0.25, 0.3) is 49.9 Å². The van der Waals surface area contributed by atoms with Gasteiger partial charge in [-0.05, 0) is 138 Å². The summed E-state index contributed by atoms with van der Waals surface area (Å²) in [6, 6.07) is 37.8. The summed E-state index contributed by atoms with van der Waals surface area (Å²) in [6.45, 7) is 15.5. The Balaban J connectivity index is 0.000000137. The summed E-state index contributed by atoms with van der Waals surface area (Å²) in [5, 5.41) is 74.5. The summed E-state index contributed by atoms with van der Waals surface area (Å²) in [5.41, 5.74) is 11.7. The average Bonchev–Trinajstić information content (AvgIpc) is 1.28. The Morgan fingerprint density at radius 2 is 0.966 bits per heavy atom. The second-order valence-corrected chi connectivity index (χ2v) is 30.6. The van der Waals surface area contributed by atoms with Crippen LogP contribution in [0.1, 0.15) is 115 Å². The van der Waals surface area contributed by atoms with E-state index in [4.69, 9.17) is 36.0 Å². The SMILES string of the molecule is CC(C)(O)C#Cc1cc(-c2ccc(N3CCC(C)(NC(=O)c4ncccc4Cl)CC3)nc2)c2c(C#N)cnn2c1.COc1ccc(CN2C3CC2CN(c2ccc(-c4cc(C#C[C@@H](C)O)cn5ncc(C#N)c45)cn2)C3)cn1.COc1ccc(CN2C3CC2CN(c2ccc(-c4cc(C#C[C@H](C)O)cn5ncc(C#N)c45)cn2)C3)cn1. The van der Waals surface area contributed by atoms with Crippen LogP contribution < -0.4 is 29.5 Å². The number of rotatable bonds is 14. The zero-order valence-electron chi connectivity index (χ0n) is 64.9. The lowest BCUT2D eigenvalue weighted by Gasteiger charge is -2.56. The molecule has 28 heteroatoms. The molecule has 0 aliphatic carbocycles. The Labute approximate surface area is 675 Å². The number of piperazine rings is 2. The highest BCUT2D eigenvalue weighted by Crippen LogP contribution is 2.40. The van der Waals surface area contributed by atoms with E-state index in [-0.39, 0.29) is 17.1 Å². The smallest absolute Gasteiger partial charge is 0.271 e. The molecule has 0 spiro atoms. The number of carbonyl (C=O) groups is 1. The molecule has 7 aliphatic rings. The maximum absolute atomic E-state index is 12.8. The number of hydrogen-bond donors (Lipinski definition) is 4. The molecule has 4 bridgehead atoms. The molecule has 12 aromatic heterocycles. The molecule has 0 saturated carbocycles. The average molecular weight is 1570 g/mol. The van der Waals surface area contributed by atoms with E-state index in [1.54, 1.807) is 111 Å². The molecule has 7 saturated heterocycles. The number of nitrogens with one attached hydrogen (secondary N) is 1. The van der Waals surface area contributed by atoms with Gasteiger partial charge in [-0.25, -0.2) is 43.5 Å². The van der Waals surface area contributed by atoms with Crippen LogP contribution in [0.2, 0.25) is 5.02 Å². The number of aliphatic hydroxyl groups excluding tert-OH is 2. The Kier molecular flexibility index (Phi) is 22.4. The highest BCUT2D eigenvalue weighted by molar-refractivity contribution is 6.33. The van der Waals surface area contributed by atoms with Crippen LogP contribution in [-0.2, 0) is 13.1 Å². The fourth-order valence-corrected chi connectivity index (χ4v) is 15.7. The van der Waals surface area contributed by atoms with Crippen molar-refractivity contribution < 1.29 is 29.6 Å². The number of methoxy groups -OCH3 is 2. The van der Waals surface area contributed by atoms with Gasteiger partial charge in [-0.3, -0.25) is 14.6 Å². The van der Waals surface area contributed by atoms with E-state index in [1.807, 2.05) is 98.4 Å². The molecule has 1 amide bonds. The molecule has 12 aromatic rings. The van der Waals surface area contributed by atoms with E-state index in [0.717, 1.165) is 103 Å². The van der Waals surface area contributed by atoms with Crippen molar-refractivity contribution in [2.45, 2.75) is 121 Å². The van der Waals surface area contributed by atoms with Crippen molar-refractivity contribution in [3.8, 4) is 98.9 Å². The predicted octanol–water partition coefficient (Wildman–Crippen LogP) is 9.96. The van der Waals surface area contributed by atoms with Crippen molar-refractivity contribution in [2.24, 2.45) is 0 Å². The van der Waals surface area contributed by atoms with E-state index in [1.165, 1.54) is 30.2 Å². The topological polar surface area (TPSA) is 325 Å². The third-order valence-corrected chi connectivity index (χ3v) is 21.7. The maximum atomic E-state index is 12.8. The van der Waals surface area contributed by atoms with E-state index in [9.17, 15) is 35.9 Å². The van der Waals surface area contributed by atoms with Gasteiger partial charge in [-0.15, -0.1) is 0 Å². The number of nitrogens with zero attached hydrogens (tertiary/aromatic N) is 20. The second kappa shape index (κ2) is 33.4. The van der Waals surface area contributed by atoms with Crippen molar-refractivity contribution in [3.05, 3.63) is 221 Å². The Bertz CT molecular complexity index is 5730. The number of amides is 1. The number of nitriles is 3. The first-order chi connectivity index (χ1) is 56.1. The molecule has 582 valence electrons. The molecule has 6 atom stereocenters. The van der Waals surface area contributed by atoms with Crippen LogP contribution in [0.15, 0.2) is 165 Å². The van der Waals surface area contributed by atoms with Gasteiger partial charge in [0.25, 0.3) is 5.91 Å². The summed E-state index contributed by atoms with van der Waals surface area (Å²) in [4.78, 5) is 51.9. The maximum Gasteiger partial charge on any atom is 0.271 e. The number of carbonyl (C=O) groups excluding carboxylic acids is 1. The van der Waals surface area contributed by atoms with Gasteiger partial charge in [0.15, 0.2) is 0 Å². The first-order valence-corrected chi connectivity index (χ1v) is 38.4. The number of ether oxygens (including phenoxy) is 2. The Morgan fingerprint density at radius 1 is 0.560 bits per heavy atom. The molecule has 27 nitrogen and oxygen atoms in total. The van der Waals surface area contributed by atoms with Crippen molar-refractivity contribution >= 4 is 51.5 Å². The van der Waals surface area contributed by atoms with Gasteiger partial charge in [-0.2, -0.15) is 31.1 Å². The zero-order valence-corrected chi connectivity index (χ0v) is 65.7. The molecule has 7 fully saturated rings. The second-order valence-electron chi connectivity index (χ2n) is 30.2. The number of aliphatic hydroxyl groups is 3. The van der Waals surface area contributed by atoms with Crippen LogP contribution in [0.4, 0.5) is 17.5 Å². The molecule has 19 rings (SSSR count). The zero-order chi connectivity index (χ0) is 80.9. The summed E-state index contributed by atoms with van der Waals surface area (Å²) in [6.07, 6.45) is 23.2. The van der Waals surface area contributed by atoms with Gasteiger partial charge in [-0.1, -0.05) is 59.3 Å². The Morgan fingerprint density at radius 3 is 1.31 bits per heavy atom. The quantitative estimate of drug-likeness (QED) is 0.0735. The molecule has 0 aromatic carbocycles. The van der Waals surface area contributed by atoms with E-state index < -0.39 is 17.8 Å². The number of piperidine rings is 3. The van der Waals surface area contributed by atoms with Crippen LogP contribution in [0.5, 0.6) is 11.8 Å². The van der Waals surface area contributed by atoms with Crippen LogP contribution in [0, 0.1) is 69.5 Å². The minimum Gasteiger partial charge on any atom is -0.481 e. The lowest BCUT2D eigenvalue weighted by molar-refractivity contribution is -0.00879. The first kappa shape index (κ1) is 78.0. The predicted molar refractivity (Wildman–Crippen MR) is 438 cm³/mol. The number of halogens is 1. The number of hydrogen-bond acceptors (Lipinski definition) is 23. The lowest BCUT2D eigenvalue weighted by Crippen LogP contribution is -2.68. The molecule has 4 unspecified atom stereocenters. The highest BCUT2D eigenvalue weighted by Gasteiger charge is 2.46. The van der Waals surface area contributed by atoms with Crippen molar-refractivity contribution in [2.75, 3.05) is 68.2 Å². The molecular weight excluding hydrogens is 1480 g/mol. The first-order valence-electron chi connectivity index (χ1n) is 38.1. The molecular formula is C88H82ClN21O6. The number of pyridine rings is 9. The fraction of sp³-hybridized carbons (Fsp3) is 0.307. The molecule has 4 N–H and O–H groups in total. The van der Waals surface area contributed by atoms with E-state index in [0.29, 0.717) is 104 Å². The number of fused-ring (bicyclic) bond motifs is 7. The van der Waals surface area contributed by atoms with Crippen molar-refractivity contribution in [3.63, 3.8) is 0 Å². The Hall–Kier alpha value is -13.3. The molecule has 7 aliphatic heterocycles. The number of anilines is 3. The van der Waals surface area contributed by atoms with Gasteiger partial charge >= 0.3 is 0 Å². The summed E-state index contributed by atoms with van der Waals surface area (Å²) < 4.78 is 15.3. The third-order valence-electron chi connectivity index (χ3n) is 21.4. The largest absolute Gasteiger partial charge is 0.481 e. The van der Waals surface area contributed by atoms with Crippen molar-refractivity contribution in [1.29, 1.82) is 15.8 Å². The molecule has 116 heavy (non-hydrogen) atoms. The van der Waals surface area contributed by atoms with Crippen LogP contribution >= 0.6 is 11.6 Å². The van der Waals surface area contributed by atoms with Gasteiger partial charge < -0.3 is 44.8 Å². The third kappa shape index (κ3) is 17.1.